The fourth-order valence-corrected chi connectivity index (χ4v) is 4.44. The van der Waals surface area contributed by atoms with Gasteiger partial charge in [0, 0.05) is 25.7 Å². The monoisotopic (exact) mass is 467 g/mol. The van der Waals surface area contributed by atoms with E-state index in [4.69, 9.17) is 4.74 Å². The Morgan fingerprint density at radius 2 is 1.68 bits per heavy atom. The van der Waals surface area contributed by atoms with E-state index in [9.17, 15) is 9.90 Å². The molecule has 6 nitrogen and oxygen atoms in total. The van der Waals surface area contributed by atoms with E-state index in [2.05, 4.69) is 59.3 Å². The first-order valence-electron chi connectivity index (χ1n) is 12.6. The molecular weight excluding hydrogens is 426 g/mol. The Hall–Kier alpha value is -2.41. The first kappa shape index (κ1) is 26.2. The normalized spacial score (nSPS) is 16.0. The molecule has 0 spiro atoms. The second-order valence-corrected chi connectivity index (χ2v) is 9.77. The number of likely N-dealkylation sites (tertiary alicyclic amines) is 1. The van der Waals surface area contributed by atoms with E-state index in [1.54, 1.807) is 0 Å². The first-order valence-corrected chi connectivity index (χ1v) is 12.6. The number of rotatable bonds is 12. The highest BCUT2D eigenvalue weighted by Gasteiger charge is 2.26. The number of carbonyl (C=O) groups is 1. The van der Waals surface area contributed by atoms with Crippen molar-refractivity contribution < 1.29 is 14.6 Å². The minimum absolute atomic E-state index is 0.193. The summed E-state index contributed by atoms with van der Waals surface area (Å²) in [7, 11) is 0. The van der Waals surface area contributed by atoms with Crippen molar-refractivity contribution in [3.63, 3.8) is 0 Å². The van der Waals surface area contributed by atoms with Crippen molar-refractivity contribution in [2.75, 3.05) is 32.7 Å². The van der Waals surface area contributed by atoms with E-state index >= 15 is 0 Å². The van der Waals surface area contributed by atoms with Crippen molar-refractivity contribution in [2.24, 2.45) is 5.92 Å². The number of hydrogen-bond acceptors (Lipinski definition) is 5. The number of nitrogens with one attached hydrogen (secondary N) is 1. The molecule has 1 aliphatic rings. The van der Waals surface area contributed by atoms with Crippen molar-refractivity contribution in [3.05, 3.63) is 71.8 Å². The smallest absolute Gasteiger partial charge is 0.407 e. The third-order valence-corrected chi connectivity index (χ3v) is 6.46. The van der Waals surface area contributed by atoms with Gasteiger partial charge in [0.25, 0.3) is 0 Å². The molecule has 2 aromatic carbocycles. The second kappa shape index (κ2) is 14.1. The van der Waals surface area contributed by atoms with Crippen LogP contribution in [0.25, 0.3) is 0 Å². The third-order valence-electron chi connectivity index (χ3n) is 6.46. The van der Waals surface area contributed by atoms with Gasteiger partial charge in [-0.25, -0.2) is 4.79 Å². The van der Waals surface area contributed by atoms with Crippen molar-refractivity contribution >= 4 is 6.09 Å². The zero-order valence-corrected chi connectivity index (χ0v) is 20.7. The number of piperidine rings is 1. The van der Waals surface area contributed by atoms with Crippen LogP contribution in [0.1, 0.15) is 44.2 Å². The Balaban J connectivity index is 1.42. The van der Waals surface area contributed by atoms with E-state index in [1.807, 2.05) is 30.3 Å². The third kappa shape index (κ3) is 9.45. The fraction of sp³-hybridized carbons (Fsp3) is 0.536. The van der Waals surface area contributed by atoms with Crippen LogP contribution in [0.4, 0.5) is 4.79 Å². The zero-order valence-electron chi connectivity index (χ0n) is 20.7. The van der Waals surface area contributed by atoms with Gasteiger partial charge in [0.05, 0.1) is 6.10 Å². The van der Waals surface area contributed by atoms with Gasteiger partial charge in [0.1, 0.15) is 6.61 Å². The predicted octanol–water partition coefficient (Wildman–Crippen LogP) is 4.29. The van der Waals surface area contributed by atoms with Gasteiger partial charge in [-0.3, -0.25) is 9.80 Å². The van der Waals surface area contributed by atoms with Crippen molar-refractivity contribution in [2.45, 2.75) is 58.4 Å². The number of aliphatic hydroxyl groups excluding tert-OH is 1. The van der Waals surface area contributed by atoms with Crippen LogP contribution < -0.4 is 5.32 Å². The van der Waals surface area contributed by atoms with Crippen molar-refractivity contribution in [3.8, 4) is 0 Å². The van der Waals surface area contributed by atoms with Gasteiger partial charge in [-0.2, -0.15) is 0 Å². The zero-order chi connectivity index (χ0) is 24.2. The average Bonchev–Trinajstić information content (AvgIpc) is 2.86. The quantitative estimate of drug-likeness (QED) is 0.488. The molecule has 0 saturated carbocycles. The minimum Gasteiger partial charge on any atom is -0.445 e. The molecule has 1 fully saturated rings. The van der Waals surface area contributed by atoms with Gasteiger partial charge in [0.15, 0.2) is 0 Å². The summed E-state index contributed by atoms with van der Waals surface area (Å²) >= 11 is 0. The van der Waals surface area contributed by atoms with Crippen LogP contribution in [-0.2, 0) is 17.9 Å². The Labute approximate surface area is 204 Å². The molecule has 34 heavy (non-hydrogen) atoms. The number of aliphatic hydroxyl groups is 1. The number of benzene rings is 2. The Morgan fingerprint density at radius 3 is 2.29 bits per heavy atom. The largest absolute Gasteiger partial charge is 0.445 e. The van der Waals surface area contributed by atoms with Crippen LogP contribution in [0.3, 0.4) is 0 Å². The number of carbonyl (C=O) groups excluding carboxylic acids is 1. The topological polar surface area (TPSA) is 65.0 Å². The van der Waals surface area contributed by atoms with Crippen LogP contribution in [0, 0.1) is 5.92 Å². The standard InChI is InChI=1S/C28H41N3O3/c1-23(2)13-18-31(26-14-16-30(17-15-26)20-24-9-5-3-6-10-24)21-27(32)19-29-28(33)34-22-25-11-7-4-8-12-25/h3-12,23,26-27,32H,13-22H2,1-2H3,(H,29,33). The van der Waals surface area contributed by atoms with Crippen LogP contribution in [-0.4, -0.2) is 65.9 Å². The molecular formula is C28H41N3O3. The summed E-state index contributed by atoms with van der Waals surface area (Å²) < 4.78 is 5.26. The van der Waals surface area contributed by atoms with Gasteiger partial charge in [-0.05, 0) is 55.9 Å². The number of alkyl carbamates (subject to hydrolysis) is 1. The summed E-state index contributed by atoms with van der Waals surface area (Å²) in [5.74, 6) is 0.615. The molecule has 3 rings (SSSR count). The van der Waals surface area contributed by atoms with Gasteiger partial charge in [-0.15, -0.1) is 0 Å². The molecule has 1 atom stereocenters. The van der Waals surface area contributed by atoms with Gasteiger partial charge in [0.2, 0.25) is 0 Å². The highest BCUT2D eigenvalue weighted by molar-refractivity contribution is 5.67. The van der Waals surface area contributed by atoms with Crippen LogP contribution in [0.5, 0.6) is 0 Å². The highest BCUT2D eigenvalue weighted by atomic mass is 16.5. The van der Waals surface area contributed by atoms with E-state index < -0.39 is 12.2 Å². The summed E-state index contributed by atoms with van der Waals surface area (Å²) in [6.07, 6.45) is 2.18. The number of nitrogens with zero attached hydrogens (tertiary/aromatic N) is 2. The maximum atomic E-state index is 12.0. The van der Waals surface area contributed by atoms with Crippen LogP contribution >= 0.6 is 0 Å². The maximum Gasteiger partial charge on any atom is 0.407 e. The van der Waals surface area contributed by atoms with Gasteiger partial charge < -0.3 is 15.2 Å². The molecule has 2 aromatic rings. The summed E-state index contributed by atoms with van der Waals surface area (Å²) in [6, 6.07) is 20.7. The van der Waals surface area contributed by atoms with E-state index in [0.717, 1.165) is 51.0 Å². The molecule has 0 radical (unpaired) electrons. The summed E-state index contributed by atoms with van der Waals surface area (Å²) in [5, 5.41) is 13.4. The van der Waals surface area contributed by atoms with Crippen molar-refractivity contribution in [1.82, 2.24) is 15.1 Å². The molecule has 6 heteroatoms. The Morgan fingerprint density at radius 1 is 1.06 bits per heavy atom. The number of amides is 1. The summed E-state index contributed by atoms with van der Waals surface area (Å²) in [4.78, 5) is 17.0. The second-order valence-electron chi connectivity index (χ2n) is 9.77. The first-order chi connectivity index (χ1) is 16.5. The number of ether oxygens (including phenoxy) is 1. The molecule has 2 N–H and O–H groups in total. The molecule has 186 valence electrons. The fourth-order valence-electron chi connectivity index (χ4n) is 4.44. The average molecular weight is 468 g/mol. The Kier molecular flexibility index (Phi) is 10.9. The molecule has 1 unspecified atom stereocenters. The lowest BCUT2D eigenvalue weighted by Gasteiger charge is -2.39. The van der Waals surface area contributed by atoms with E-state index in [-0.39, 0.29) is 13.2 Å². The summed E-state index contributed by atoms with van der Waals surface area (Å²) in [5.41, 5.74) is 2.30. The Bertz CT molecular complexity index is 823. The lowest BCUT2D eigenvalue weighted by Crippen LogP contribution is -2.49. The lowest BCUT2D eigenvalue weighted by atomic mass is 10.0. The van der Waals surface area contributed by atoms with Gasteiger partial charge in [-0.1, -0.05) is 74.5 Å². The van der Waals surface area contributed by atoms with Crippen molar-refractivity contribution in [1.29, 1.82) is 0 Å². The summed E-state index contributed by atoms with van der Waals surface area (Å²) in [6.45, 7) is 9.56. The number of hydrogen-bond donors (Lipinski definition) is 2. The predicted molar refractivity (Wildman–Crippen MR) is 136 cm³/mol. The van der Waals surface area contributed by atoms with Gasteiger partial charge >= 0.3 is 6.09 Å². The minimum atomic E-state index is -0.626. The van der Waals surface area contributed by atoms with Crippen LogP contribution in [0.15, 0.2) is 60.7 Å². The molecule has 0 aromatic heterocycles. The molecule has 1 heterocycles. The highest BCUT2D eigenvalue weighted by Crippen LogP contribution is 2.20. The molecule has 1 saturated heterocycles. The molecule has 1 aliphatic heterocycles. The van der Waals surface area contributed by atoms with E-state index in [0.29, 0.717) is 18.5 Å². The van der Waals surface area contributed by atoms with Crippen LogP contribution in [0.2, 0.25) is 0 Å². The molecule has 0 bridgehead atoms. The lowest BCUT2D eigenvalue weighted by molar-refractivity contribution is 0.0511. The molecule has 1 amide bonds. The SMILES string of the molecule is CC(C)CCN(CC(O)CNC(=O)OCc1ccccc1)C1CCN(Cc2ccccc2)CC1. The maximum absolute atomic E-state index is 12.0. The van der Waals surface area contributed by atoms with E-state index in [1.165, 1.54) is 5.56 Å². The molecule has 0 aliphatic carbocycles.